The molecule has 0 aromatic heterocycles. The van der Waals surface area contributed by atoms with Crippen LogP contribution in [0.25, 0.3) is 0 Å². The zero-order chi connectivity index (χ0) is 0. The molecule has 0 aliphatic carbocycles. The topological polar surface area (TPSA) is 30.0 Å². The summed E-state index contributed by atoms with van der Waals surface area (Å²) in [4.78, 5) is 0. The maximum atomic E-state index is 0. The monoisotopic (exact) mass is 297 g/mol. The van der Waals surface area contributed by atoms with E-state index in [0.29, 0.717) is 0 Å². The first-order valence-corrected chi connectivity index (χ1v) is 0. The molecule has 0 saturated heterocycles. The van der Waals surface area contributed by atoms with Crippen molar-refractivity contribution in [3.63, 3.8) is 0 Å². The average molecular weight is 297 g/mol. The molecule has 0 aromatic carbocycles. The van der Waals surface area contributed by atoms with Crippen molar-refractivity contribution in [2.24, 2.45) is 0 Å². The van der Waals surface area contributed by atoms with Crippen molar-refractivity contribution in [2.45, 2.75) is 0 Å². The second-order valence-corrected chi connectivity index (χ2v) is 0. The van der Waals surface area contributed by atoms with Gasteiger partial charge in [0, 0.05) is 34.4 Å². The maximum absolute atomic E-state index is 0. The van der Waals surface area contributed by atoms with Crippen LogP contribution in [0.5, 0.6) is 0 Å². The molecule has 0 saturated carbocycles. The summed E-state index contributed by atoms with van der Waals surface area (Å²) in [5, 5.41) is 0. The summed E-state index contributed by atoms with van der Waals surface area (Å²) in [5.41, 5.74) is 0. The summed E-state index contributed by atoms with van der Waals surface area (Å²) >= 11 is 0. The van der Waals surface area contributed by atoms with E-state index in [1.165, 1.54) is 0 Å². The predicted octanol–water partition coefficient (Wildman–Crippen LogP) is -1.75. The van der Waals surface area contributed by atoms with Gasteiger partial charge in [-0.25, -0.2) is 0 Å². The van der Waals surface area contributed by atoms with E-state index in [1.807, 2.05) is 0 Å². The molecule has 31 valence electrons. The zero-order valence-electron chi connectivity index (χ0n) is 2.16. The quantitative estimate of drug-likeness (QED) is 0.488. The minimum absolute atomic E-state index is 0. The molecule has 0 atom stereocenters. The van der Waals surface area contributed by atoms with Crippen LogP contribution < -0.4 is 0 Å². The van der Waals surface area contributed by atoms with E-state index >= 15 is 0 Å². The first-order chi connectivity index (χ1) is 0. The molecule has 0 fully saturated rings. The van der Waals surface area contributed by atoms with Crippen LogP contribution in [0.15, 0.2) is 0 Å². The van der Waals surface area contributed by atoms with Crippen LogP contribution in [0.1, 0.15) is 0 Å². The molecule has 5 heavy (non-hydrogen) atoms. The van der Waals surface area contributed by atoms with Gasteiger partial charge in [-0.3, -0.25) is 0 Å². The molecule has 5 heteroatoms. The van der Waals surface area contributed by atoms with Gasteiger partial charge >= 0.3 is 71.9 Å². The van der Waals surface area contributed by atoms with Crippen LogP contribution in [0.3, 0.4) is 0 Å². The smallest absolute Gasteiger partial charge is 0.316 e. The fourth-order valence-corrected chi connectivity index (χ4v) is 0. The fourth-order valence-electron chi connectivity index (χ4n) is 0. The molecule has 0 aliphatic heterocycles. The van der Waals surface area contributed by atoms with Crippen LogP contribution in [-0.4, -0.2) is 77.4 Å². The van der Waals surface area contributed by atoms with Gasteiger partial charge in [0.2, 0.25) is 0 Å². The van der Waals surface area contributed by atoms with Crippen molar-refractivity contribution in [2.75, 3.05) is 0 Å². The summed E-state index contributed by atoms with van der Waals surface area (Å²) in [5.74, 6) is 0. The largest absolute Gasteiger partial charge is 0.870 e. The molecule has 0 spiro atoms. The van der Waals surface area contributed by atoms with Crippen molar-refractivity contribution in [1.82, 2.24) is 0 Å². The standard InChI is InChI=1S/Ba.Cr.Cu.Mg.H2O.3H/h;;;;1H2;;;/q+1;;;;;;;/p-1. The summed E-state index contributed by atoms with van der Waals surface area (Å²) in [6.07, 6.45) is 0. The molecular weight excluding hydrogens is 293 g/mol. The van der Waals surface area contributed by atoms with Gasteiger partial charge < -0.3 is 5.48 Å². The summed E-state index contributed by atoms with van der Waals surface area (Å²) in [7, 11) is 0. The van der Waals surface area contributed by atoms with Gasteiger partial charge in [0.25, 0.3) is 0 Å². The molecule has 1 N–H and O–H groups in total. The first-order valence-electron chi connectivity index (χ1n) is 0. The maximum Gasteiger partial charge on any atom is 0.316 e. The van der Waals surface area contributed by atoms with E-state index in [-0.39, 0.29) is 112 Å². The van der Waals surface area contributed by atoms with Crippen molar-refractivity contribution < 1.29 is 39.9 Å². The summed E-state index contributed by atoms with van der Waals surface area (Å²) in [6.45, 7) is 0. The molecular formula is H4BaCrCuMgO. The Bertz CT molecular complexity index is 11.6. The normalized spacial score (nSPS) is 0. The third-order valence-corrected chi connectivity index (χ3v) is 0. The van der Waals surface area contributed by atoms with Crippen molar-refractivity contribution >= 4 is 71.9 Å². The molecule has 0 bridgehead atoms. The van der Waals surface area contributed by atoms with E-state index in [1.54, 1.807) is 0 Å². The van der Waals surface area contributed by atoms with Crippen LogP contribution in [0.2, 0.25) is 0 Å². The number of hydrogen-bond acceptors (Lipinski definition) is 1. The molecule has 0 rings (SSSR count). The van der Waals surface area contributed by atoms with Crippen LogP contribution in [-0.2, 0) is 34.4 Å². The van der Waals surface area contributed by atoms with Gasteiger partial charge in [-0.1, -0.05) is 0 Å². The summed E-state index contributed by atoms with van der Waals surface area (Å²) in [6, 6.07) is 0. The third-order valence-electron chi connectivity index (χ3n) is 0. The SMILES string of the molecule is [BaH+].[Cr].[Cu].[MgH2].[OH-]. The third kappa shape index (κ3) is 18.7. The van der Waals surface area contributed by atoms with E-state index in [2.05, 4.69) is 0 Å². The molecule has 0 amide bonds. The molecule has 1 nitrogen and oxygen atoms in total. The first kappa shape index (κ1) is 40.2. The minimum atomic E-state index is 0. The second kappa shape index (κ2) is 26.4. The molecule has 0 aliphatic rings. The van der Waals surface area contributed by atoms with Crippen LogP contribution in [0.4, 0.5) is 0 Å². The molecule has 1 radical (unpaired) electrons. The van der Waals surface area contributed by atoms with Gasteiger partial charge in [0.15, 0.2) is 0 Å². The van der Waals surface area contributed by atoms with Gasteiger partial charge in [-0.05, 0) is 0 Å². The Labute approximate surface area is 109 Å². The average Bonchev–Trinajstić information content (AvgIpc) is 0. The Kier molecular flexibility index (Phi) is 212. The Morgan fingerprint density at radius 3 is 1.00 bits per heavy atom. The molecule has 0 heterocycles. The Hall–Kier alpha value is 3.35. The zero-order valence-corrected chi connectivity index (χ0v) is 10.7. The van der Waals surface area contributed by atoms with Gasteiger partial charge in [0.05, 0.1) is 0 Å². The van der Waals surface area contributed by atoms with Gasteiger partial charge in [-0.15, -0.1) is 0 Å². The van der Waals surface area contributed by atoms with E-state index in [0.717, 1.165) is 0 Å². The van der Waals surface area contributed by atoms with E-state index in [4.69, 9.17) is 0 Å². The van der Waals surface area contributed by atoms with E-state index in [9.17, 15) is 0 Å². The summed E-state index contributed by atoms with van der Waals surface area (Å²) < 4.78 is 0. The van der Waals surface area contributed by atoms with Crippen molar-refractivity contribution in [3.05, 3.63) is 0 Å². The minimum Gasteiger partial charge on any atom is -0.870 e. The second-order valence-electron chi connectivity index (χ2n) is 0. The molecule has 0 aromatic rings. The Morgan fingerprint density at radius 2 is 1.00 bits per heavy atom. The van der Waals surface area contributed by atoms with Crippen molar-refractivity contribution in [1.29, 1.82) is 0 Å². The fraction of sp³-hybridized carbons (Fsp3) is 0. The van der Waals surface area contributed by atoms with E-state index < -0.39 is 0 Å². The van der Waals surface area contributed by atoms with Crippen molar-refractivity contribution in [3.8, 4) is 0 Å². The van der Waals surface area contributed by atoms with Crippen LogP contribution in [0, 0.1) is 0 Å². The Morgan fingerprint density at radius 1 is 1.00 bits per heavy atom. The van der Waals surface area contributed by atoms with Crippen LogP contribution >= 0.6 is 0 Å². The van der Waals surface area contributed by atoms with Gasteiger partial charge in [0.1, 0.15) is 0 Å². The molecule has 0 unspecified atom stereocenters. The van der Waals surface area contributed by atoms with Gasteiger partial charge in [-0.2, -0.15) is 0 Å². The number of rotatable bonds is 0. The Balaban J connectivity index is 0. The number of hydrogen-bond donors (Lipinski definition) is 0. The predicted molar refractivity (Wildman–Crippen MR) is 17.6 cm³/mol.